The van der Waals surface area contributed by atoms with E-state index in [-0.39, 0.29) is 6.07 Å². The molecule has 1 aromatic heterocycles. The van der Waals surface area contributed by atoms with E-state index in [9.17, 15) is 35.9 Å². The van der Waals surface area contributed by atoms with Gasteiger partial charge in [-0.15, -0.1) is 0 Å². The Bertz CT molecular complexity index is 552. The number of aromatic nitrogens is 1. The van der Waals surface area contributed by atoms with Gasteiger partial charge in [-0.3, -0.25) is 4.79 Å². The van der Waals surface area contributed by atoms with E-state index in [0.717, 1.165) is 5.32 Å². The van der Waals surface area contributed by atoms with Crippen molar-refractivity contribution < 1.29 is 41.0 Å². The first-order valence-corrected chi connectivity index (χ1v) is 4.61. The first kappa shape index (κ1) is 15.7. The van der Waals surface area contributed by atoms with Crippen LogP contribution in [0.5, 0.6) is 0 Å². The van der Waals surface area contributed by atoms with Gasteiger partial charge in [0.2, 0.25) is 0 Å². The van der Waals surface area contributed by atoms with Crippen molar-refractivity contribution in [2.45, 2.75) is 12.4 Å². The minimum Gasteiger partial charge on any atom is -0.478 e. The van der Waals surface area contributed by atoms with Gasteiger partial charge in [-0.1, -0.05) is 0 Å². The van der Waals surface area contributed by atoms with Crippen molar-refractivity contribution in [3.63, 3.8) is 0 Å². The minimum atomic E-state index is -5.41. The number of nitrogens with one attached hydrogen (secondary N) is 1. The number of carboxylic acids is 1. The van der Waals surface area contributed by atoms with Crippen molar-refractivity contribution in [1.82, 2.24) is 4.98 Å². The largest absolute Gasteiger partial charge is 0.478 e. The molecule has 0 fully saturated rings. The van der Waals surface area contributed by atoms with Crippen LogP contribution in [0.2, 0.25) is 0 Å². The third kappa shape index (κ3) is 3.59. The van der Waals surface area contributed by atoms with E-state index in [4.69, 9.17) is 5.11 Å². The second-order valence-corrected chi connectivity index (χ2v) is 3.37. The number of hydrogen-bond acceptors (Lipinski definition) is 3. The number of anilines is 1. The summed E-state index contributed by atoms with van der Waals surface area (Å²) in [5.74, 6) is -5.83. The molecular weight excluding hydrogens is 298 g/mol. The summed E-state index contributed by atoms with van der Waals surface area (Å²) < 4.78 is 73.6. The zero-order chi connectivity index (χ0) is 15.7. The zero-order valence-corrected chi connectivity index (χ0v) is 9.13. The van der Waals surface area contributed by atoms with E-state index in [1.54, 1.807) is 0 Å². The lowest BCUT2D eigenvalue weighted by molar-refractivity contribution is -0.167. The molecule has 5 nitrogen and oxygen atoms in total. The van der Waals surface area contributed by atoms with Gasteiger partial charge < -0.3 is 10.4 Å². The molecule has 11 heteroatoms. The molecule has 0 spiro atoms. The number of carboxylic acid groups (broad SMARTS) is 1. The number of nitrogens with zero attached hydrogens (tertiary/aromatic N) is 1. The molecule has 0 unspecified atom stereocenters. The molecule has 0 aromatic carbocycles. The van der Waals surface area contributed by atoms with Crippen LogP contribution in [-0.2, 0) is 11.0 Å². The van der Waals surface area contributed by atoms with E-state index >= 15 is 0 Å². The van der Waals surface area contributed by atoms with Crippen molar-refractivity contribution >= 4 is 17.7 Å². The molecule has 0 saturated heterocycles. The number of halogens is 6. The standard InChI is InChI=1S/C9H4F6N2O3/c10-8(11,12)4-1-3(6(18)19)2-16-5(4)17-7(20)9(13,14)15/h1-2H,(H,18,19)(H,16,17,20). The number of carbonyl (C=O) groups excluding carboxylic acids is 1. The fourth-order valence-electron chi connectivity index (χ4n) is 1.08. The molecule has 0 aliphatic heterocycles. The van der Waals surface area contributed by atoms with Crippen molar-refractivity contribution in [3.8, 4) is 0 Å². The second kappa shape index (κ2) is 4.98. The van der Waals surface area contributed by atoms with Crippen LogP contribution in [0.1, 0.15) is 15.9 Å². The normalized spacial score (nSPS) is 12.1. The van der Waals surface area contributed by atoms with Gasteiger partial charge >= 0.3 is 24.2 Å². The first-order valence-electron chi connectivity index (χ1n) is 4.61. The molecule has 110 valence electrons. The zero-order valence-electron chi connectivity index (χ0n) is 9.13. The molecule has 2 N–H and O–H groups in total. The Balaban J connectivity index is 3.27. The van der Waals surface area contributed by atoms with Gasteiger partial charge in [0.1, 0.15) is 5.82 Å². The van der Waals surface area contributed by atoms with Crippen molar-refractivity contribution in [3.05, 3.63) is 23.4 Å². The molecule has 0 saturated carbocycles. The Kier molecular flexibility index (Phi) is 3.92. The number of aromatic carboxylic acids is 1. The lowest BCUT2D eigenvalue weighted by Crippen LogP contribution is -2.31. The molecule has 0 bridgehead atoms. The van der Waals surface area contributed by atoms with Crippen LogP contribution < -0.4 is 5.32 Å². The lowest BCUT2D eigenvalue weighted by Gasteiger charge is -2.14. The Morgan fingerprint density at radius 3 is 2.10 bits per heavy atom. The van der Waals surface area contributed by atoms with Gasteiger partial charge in [-0.05, 0) is 6.07 Å². The Hall–Kier alpha value is -2.33. The molecule has 0 radical (unpaired) electrons. The molecule has 1 aromatic rings. The van der Waals surface area contributed by atoms with Crippen LogP contribution in [0.4, 0.5) is 32.2 Å². The number of rotatable bonds is 2. The quantitative estimate of drug-likeness (QED) is 0.822. The summed E-state index contributed by atoms with van der Waals surface area (Å²) in [7, 11) is 0. The van der Waals surface area contributed by atoms with Gasteiger partial charge in [0.05, 0.1) is 11.1 Å². The molecule has 1 amide bonds. The van der Waals surface area contributed by atoms with Crippen LogP contribution >= 0.6 is 0 Å². The van der Waals surface area contributed by atoms with Gasteiger partial charge in [0.15, 0.2) is 0 Å². The number of amides is 1. The fraction of sp³-hybridized carbons (Fsp3) is 0.222. The van der Waals surface area contributed by atoms with Crippen LogP contribution in [-0.4, -0.2) is 28.1 Å². The highest BCUT2D eigenvalue weighted by Gasteiger charge is 2.42. The molecule has 1 heterocycles. The molecule has 0 atom stereocenters. The number of hydrogen-bond donors (Lipinski definition) is 2. The molecule has 0 aliphatic rings. The van der Waals surface area contributed by atoms with Gasteiger partial charge in [0, 0.05) is 6.20 Å². The van der Waals surface area contributed by atoms with Crippen LogP contribution in [0, 0.1) is 0 Å². The second-order valence-electron chi connectivity index (χ2n) is 3.37. The highest BCUT2D eigenvalue weighted by Crippen LogP contribution is 2.34. The maximum Gasteiger partial charge on any atom is 0.471 e. The SMILES string of the molecule is O=C(O)c1cnc(NC(=O)C(F)(F)F)c(C(F)(F)F)c1. The van der Waals surface area contributed by atoms with E-state index in [1.807, 2.05) is 0 Å². The summed E-state index contributed by atoms with van der Waals surface area (Å²) >= 11 is 0. The van der Waals surface area contributed by atoms with Crippen molar-refractivity contribution in [1.29, 1.82) is 0 Å². The number of pyridine rings is 1. The molecule has 20 heavy (non-hydrogen) atoms. The summed E-state index contributed by atoms with van der Waals surface area (Å²) in [5, 5.41) is 9.44. The predicted octanol–water partition coefficient (Wildman–Crippen LogP) is 2.30. The van der Waals surface area contributed by atoms with Crippen LogP contribution in [0.3, 0.4) is 0 Å². The number of alkyl halides is 6. The molecular formula is C9H4F6N2O3. The first-order chi connectivity index (χ1) is 8.93. The van der Waals surface area contributed by atoms with Crippen LogP contribution in [0.15, 0.2) is 12.3 Å². The van der Waals surface area contributed by atoms with Crippen molar-refractivity contribution in [2.75, 3.05) is 5.32 Å². The highest BCUT2D eigenvalue weighted by atomic mass is 19.4. The smallest absolute Gasteiger partial charge is 0.471 e. The lowest BCUT2D eigenvalue weighted by atomic mass is 10.2. The topological polar surface area (TPSA) is 79.3 Å². The Morgan fingerprint density at radius 1 is 1.15 bits per heavy atom. The average molecular weight is 302 g/mol. The van der Waals surface area contributed by atoms with E-state index < -0.39 is 41.2 Å². The fourth-order valence-corrected chi connectivity index (χ4v) is 1.08. The summed E-state index contributed by atoms with van der Waals surface area (Å²) in [4.78, 5) is 24.0. The third-order valence-corrected chi connectivity index (χ3v) is 1.93. The summed E-state index contributed by atoms with van der Waals surface area (Å²) in [6.07, 6.45) is -10.2. The van der Waals surface area contributed by atoms with Gasteiger partial charge in [-0.2, -0.15) is 26.3 Å². The maximum atomic E-state index is 12.6. The minimum absolute atomic E-state index is 0.0708. The molecule has 0 aliphatic carbocycles. The van der Waals surface area contributed by atoms with Crippen LogP contribution in [0.25, 0.3) is 0 Å². The van der Waals surface area contributed by atoms with Crippen molar-refractivity contribution in [2.24, 2.45) is 0 Å². The Labute approximate surface area is 106 Å². The average Bonchev–Trinajstić information content (AvgIpc) is 2.26. The van der Waals surface area contributed by atoms with Gasteiger partial charge in [-0.25, -0.2) is 9.78 Å². The predicted molar refractivity (Wildman–Crippen MR) is 50.9 cm³/mol. The van der Waals surface area contributed by atoms with E-state index in [2.05, 4.69) is 4.98 Å². The summed E-state index contributed by atoms with van der Waals surface area (Å²) in [5.41, 5.74) is -2.68. The van der Waals surface area contributed by atoms with E-state index in [1.165, 1.54) is 0 Å². The van der Waals surface area contributed by atoms with Gasteiger partial charge in [0.25, 0.3) is 0 Å². The summed E-state index contributed by atoms with van der Waals surface area (Å²) in [6.45, 7) is 0. The van der Waals surface area contributed by atoms with E-state index in [0.29, 0.717) is 6.20 Å². The maximum absolute atomic E-state index is 12.6. The third-order valence-electron chi connectivity index (χ3n) is 1.93. The highest BCUT2D eigenvalue weighted by molar-refractivity contribution is 5.95. The Morgan fingerprint density at radius 2 is 1.70 bits per heavy atom. The monoisotopic (exact) mass is 302 g/mol. The summed E-state index contributed by atoms with van der Waals surface area (Å²) in [6, 6.07) is 0.0708. The number of carbonyl (C=O) groups is 2. The molecule has 1 rings (SSSR count).